The SMILES string of the molecule is CCN1C(=O)/C(=C\c2cc(Br)c(O)c(OC)c2)C(=O)N(c2ccc(Cl)cc2)C1=S. The van der Waals surface area contributed by atoms with Gasteiger partial charge in [-0.2, -0.15) is 0 Å². The second-order valence-electron chi connectivity index (χ2n) is 6.06. The number of carbonyl (C=O) groups is 2. The van der Waals surface area contributed by atoms with Crippen molar-refractivity contribution in [2.45, 2.75) is 6.92 Å². The number of phenolic OH excluding ortho intramolecular Hbond substituents is 1. The number of anilines is 1. The second kappa shape index (κ2) is 8.52. The van der Waals surface area contributed by atoms with Gasteiger partial charge in [-0.25, -0.2) is 0 Å². The fourth-order valence-corrected chi connectivity index (χ4v) is 3.86. The van der Waals surface area contributed by atoms with Crippen LogP contribution in [0.15, 0.2) is 46.4 Å². The van der Waals surface area contributed by atoms with Crippen molar-refractivity contribution in [3.63, 3.8) is 0 Å². The number of benzene rings is 2. The molecule has 0 unspecified atom stereocenters. The summed E-state index contributed by atoms with van der Waals surface area (Å²) in [4.78, 5) is 28.8. The summed E-state index contributed by atoms with van der Waals surface area (Å²) in [6.07, 6.45) is 1.45. The molecule has 0 saturated carbocycles. The Hall–Kier alpha value is -2.42. The summed E-state index contributed by atoms with van der Waals surface area (Å²) in [7, 11) is 1.41. The summed E-state index contributed by atoms with van der Waals surface area (Å²) < 4.78 is 5.51. The van der Waals surface area contributed by atoms with Crippen LogP contribution in [0.3, 0.4) is 0 Å². The zero-order chi connectivity index (χ0) is 21.3. The first kappa shape index (κ1) is 21.3. The zero-order valence-corrected chi connectivity index (χ0v) is 18.6. The Labute approximate surface area is 186 Å². The number of rotatable bonds is 4. The first-order chi connectivity index (χ1) is 13.8. The van der Waals surface area contributed by atoms with Gasteiger partial charge in [0.1, 0.15) is 5.57 Å². The fourth-order valence-electron chi connectivity index (χ4n) is 2.87. The third-order valence-electron chi connectivity index (χ3n) is 4.31. The molecule has 1 aliphatic heterocycles. The van der Waals surface area contributed by atoms with E-state index < -0.39 is 11.8 Å². The second-order valence-corrected chi connectivity index (χ2v) is 7.72. The van der Waals surface area contributed by atoms with E-state index in [0.717, 1.165) is 0 Å². The summed E-state index contributed by atoms with van der Waals surface area (Å²) in [6, 6.07) is 9.72. The van der Waals surface area contributed by atoms with Crippen molar-refractivity contribution in [1.29, 1.82) is 0 Å². The maximum absolute atomic E-state index is 13.2. The summed E-state index contributed by atoms with van der Waals surface area (Å²) in [5, 5.41) is 10.6. The van der Waals surface area contributed by atoms with E-state index in [1.54, 1.807) is 37.3 Å². The van der Waals surface area contributed by atoms with Crippen LogP contribution in [0.1, 0.15) is 12.5 Å². The average molecular weight is 496 g/mol. The molecule has 3 rings (SSSR count). The van der Waals surface area contributed by atoms with Crippen LogP contribution in [-0.4, -0.2) is 40.6 Å². The molecule has 2 amide bonds. The van der Waals surface area contributed by atoms with Crippen LogP contribution in [0.2, 0.25) is 5.02 Å². The Morgan fingerprint density at radius 1 is 1.21 bits per heavy atom. The third kappa shape index (κ3) is 4.01. The number of likely N-dealkylation sites (N-methyl/N-ethyl adjacent to an activating group) is 1. The van der Waals surface area contributed by atoms with E-state index in [4.69, 9.17) is 28.6 Å². The molecule has 0 aliphatic carbocycles. The highest BCUT2D eigenvalue weighted by atomic mass is 79.9. The van der Waals surface area contributed by atoms with Crippen molar-refractivity contribution in [2.75, 3.05) is 18.6 Å². The number of thiocarbonyl (C=S) groups is 1. The Morgan fingerprint density at radius 3 is 2.45 bits per heavy atom. The lowest BCUT2D eigenvalue weighted by Gasteiger charge is -2.36. The molecule has 0 radical (unpaired) electrons. The van der Waals surface area contributed by atoms with Gasteiger partial charge in [-0.05, 0) is 83.1 Å². The molecule has 0 bridgehead atoms. The molecule has 2 aromatic carbocycles. The molecule has 9 heteroatoms. The van der Waals surface area contributed by atoms with Gasteiger partial charge in [0.2, 0.25) is 0 Å². The number of ether oxygens (including phenoxy) is 1. The first-order valence-corrected chi connectivity index (χ1v) is 10.1. The molecular weight excluding hydrogens is 480 g/mol. The lowest BCUT2D eigenvalue weighted by Crippen LogP contribution is -2.56. The van der Waals surface area contributed by atoms with Crippen LogP contribution in [0.5, 0.6) is 11.5 Å². The van der Waals surface area contributed by atoms with Gasteiger partial charge >= 0.3 is 0 Å². The van der Waals surface area contributed by atoms with Crippen LogP contribution in [-0.2, 0) is 9.59 Å². The molecule has 2 aromatic rings. The van der Waals surface area contributed by atoms with Crippen LogP contribution < -0.4 is 9.64 Å². The highest BCUT2D eigenvalue weighted by Crippen LogP contribution is 2.36. The maximum Gasteiger partial charge on any atom is 0.270 e. The third-order valence-corrected chi connectivity index (χ3v) is 5.57. The lowest BCUT2D eigenvalue weighted by molar-refractivity contribution is -0.127. The molecule has 1 fully saturated rings. The van der Waals surface area contributed by atoms with Crippen LogP contribution in [0.4, 0.5) is 5.69 Å². The quantitative estimate of drug-likeness (QED) is 0.387. The van der Waals surface area contributed by atoms with Crippen molar-refractivity contribution >= 4 is 68.4 Å². The Kier molecular flexibility index (Phi) is 6.26. The maximum atomic E-state index is 13.2. The monoisotopic (exact) mass is 494 g/mol. The zero-order valence-electron chi connectivity index (χ0n) is 15.5. The smallest absolute Gasteiger partial charge is 0.270 e. The molecule has 1 aliphatic rings. The number of amides is 2. The largest absolute Gasteiger partial charge is 0.503 e. The van der Waals surface area contributed by atoms with Crippen molar-refractivity contribution < 1.29 is 19.4 Å². The van der Waals surface area contributed by atoms with Crippen LogP contribution >= 0.6 is 39.7 Å². The Bertz CT molecular complexity index is 1040. The molecule has 0 spiro atoms. The van der Waals surface area contributed by atoms with Crippen molar-refractivity contribution in [1.82, 2.24) is 4.90 Å². The van der Waals surface area contributed by atoms with E-state index in [9.17, 15) is 14.7 Å². The summed E-state index contributed by atoms with van der Waals surface area (Å²) in [6.45, 7) is 2.08. The van der Waals surface area contributed by atoms with Gasteiger partial charge in [-0.1, -0.05) is 11.6 Å². The summed E-state index contributed by atoms with van der Waals surface area (Å²) >= 11 is 14.6. The number of aromatic hydroxyl groups is 1. The van der Waals surface area contributed by atoms with Crippen LogP contribution in [0.25, 0.3) is 6.08 Å². The number of carbonyl (C=O) groups excluding carboxylic acids is 2. The van der Waals surface area contributed by atoms with Crippen molar-refractivity contribution in [2.24, 2.45) is 0 Å². The molecule has 150 valence electrons. The first-order valence-electron chi connectivity index (χ1n) is 8.52. The van der Waals surface area contributed by atoms with Gasteiger partial charge in [0.05, 0.1) is 17.3 Å². The number of halogens is 2. The van der Waals surface area contributed by atoms with E-state index in [1.165, 1.54) is 29.1 Å². The minimum absolute atomic E-state index is 0.0601. The normalized spacial score (nSPS) is 16.0. The predicted molar refractivity (Wildman–Crippen MR) is 119 cm³/mol. The molecule has 0 aromatic heterocycles. The number of phenols is 1. The average Bonchev–Trinajstić information content (AvgIpc) is 2.69. The van der Waals surface area contributed by atoms with E-state index in [1.807, 2.05) is 0 Å². The summed E-state index contributed by atoms with van der Waals surface area (Å²) in [5.74, 6) is -0.902. The summed E-state index contributed by atoms with van der Waals surface area (Å²) in [5.41, 5.74) is 0.948. The van der Waals surface area contributed by atoms with Gasteiger partial charge in [0, 0.05) is 11.6 Å². The number of hydrogen-bond acceptors (Lipinski definition) is 5. The van der Waals surface area contributed by atoms with E-state index in [0.29, 0.717) is 27.3 Å². The molecule has 29 heavy (non-hydrogen) atoms. The van der Waals surface area contributed by atoms with Crippen molar-refractivity contribution in [3.8, 4) is 11.5 Å². The van der Waals surface area contributed by atoms with Crippen LogP contribution in [0, 0.1) is 0 Å². The molecule has 1 saturated heterocycles. The minimum Gasteiger partial charge on any atom is -0.503 e. The topological polar surface area (TPSA) is 70.1 Å². The van der Waals surface area contributed by atoms with E-state index >= 15 is 0 Å². The van der Waals surface area contributed by atoms with Gasteiger partial charge in [-0.3, -0.25) is 19.4 Å². The molecule has 6 nitrogen and oxygen atoms in total. The number of methoxy groups -OCH3 is 1. The van der Waals surface area contributed by atoms with E-state index in [2.05, 4.69) is 15.9 Å². The highest BCUT2D eigenvalue weighted by molar-refractivity contribution is 9.10. The minimum atomic E-state index is -0.546. The number of hydrogen-bond donors (Lipinski definition) is 1. The Balaban J connectivity index is 2.12. The van der Waals surface area contributed by atoms with Gasteiger partial charge in [0.15, 0.2) is 16.6 Å². The molecular formula is C20H16BrClN2O4S. The Morgan fingerprint density at radius 2 is 1.86 bits per heavy atom. The highest BCUT2D eigenvalue weighted by Gasteiger charge is 2.39. The van der Waals surface area contributed by atoms with E-state index in [-0.39, 0.29) is 22.2 Å². The number of nitrogens with zero attached hydrogens (tertiary/aromatic N) is 2. The lowest BCUT2D eigenvalue weighted by atomic mass is 10.1. The van der Waals surface area contributed by atoms with Gasteiger partial charge in [0.25, 0.3) is 11.8 Å². The van der Waals surface area contributed by atoms with Gasteiger partial charge < -0.3 is 9.84 Å². The fraction of sp³-hybridized carbons (Fsp3) is 0.150. The molecule has 0 atom stereocenters. The van der Waals surface area contributed by atoms with Crippen molar-refractivity contribution in [3.05, 3.63) is 57.0 Å². The van der Waals surface area contributed by atoms with Gasteiger partial charge in [-0.15, -0.1) is 0 Å². The standard InChI is InChI=1S/C20H16BrClN2O4S/c1-3-23-18(26)14(8-11-9-15(21)17(25)16(10-11)28-2)19(27)24(20(23)29)13-6-4-12(22)5-7-13/h4-10,25H,3H2,1-2H3/b14-8+. The molecule has 1 N–H and O–H groups in total. The molecule has 1 heterocycles. The predicted octanol–water partition coefficient (Wildman–Crippen LogP) is 4.38.